The van der Waals surface area contributed by atoms with Crippen molar-refractivity contribution in [3.05, 3.63) is 105 Å². The average molecular weight is 540 g/mol. The molecule has 0 radical (unpaired) electrons. The summed E-state index contributed by atoms with van der Waals surface area (Å²) >= 11 is 12.4. The molecule has 3 aromatic carbocycles. The van der Waals surface area contributed by atoms with Crippen LogP contribution in [0.3, 0.4) is 0 Å². The van der Waals surface area contributed by atoms with Crippen LogP contribution in [0.5, 0.6) is 0 Å². The lowest BCUT2D eigenvalue weighted by Crippen LogP contribution is -2.50. The molecule has 6 heteroatoms. The van der Waals surface area contributed by atoms with Crippen molar-refractivity contribution >= 4 is 35.0 Å². The molecule has 196 valence electrons. The van der Waals surface area contributed by atoms with Crippen LogP contribution in [0.2, 0.25) is 10.0 Å². The summed E-state index contributed by atoms with van der Waals surface area (Å²) in [5, 5.41) is 3.88. The minimum atomic E-state index is -0.653. The number of nitrogens with zero attached hydrogens (tertiary/aromatic N) is 1. The number of carbonyl (C=O) groups excluding carboxylic acids is 2. The standard InChI is InChI=1S/C31H36Cl2N2O2/c1-4-18-34-31(37)29(20-24-8-6-5-7-9-24)35(21-25-12-16-27(32)28(33)19-25)30(36)17-13-23-10-14-26(15-11-23)22(2)3/h5-12,14-16,19,22,29H,4,13,17-18,20-21H2,1-3H3,(H,34,37). The Kier molecular flexibility index (Phi) is 11.0. The maximum atomic E-state index is 13.7. The van der Waals surface area contributed by atoms with Crippen molar-refractivity contribution in [2.24, 2.45) is 0 Å². The Morgan fingerprint density at radius 3 is 2.16 bits per heavy atom. The molecule has 0 bridgehead atoms. The number of benzene rings is 3. The van der Waals surface area contributed by atoms with Gasteiger partial charge in [0.15, 0.2) is 0 Å². The van der Waals surface area contributed by atoms with Gasteiger partial charge in [0.2, 0.25) is 11.8 Å². The summed E-state index contributed by atoms with van der Waals surface area (Å²) < 4.78 is 0. The van der Waals surface area contributed by atoms with Gasteiger partial charge in [0.25, 0.3) is 0 Å². The Morgan fingerprint density at radius 2 is 1.54 bits per heavy atom. The van der Waals surface area contributed by atoms with Crippen LogP contribution < -0.4 is 5.32 Å². The molecule has 1 atom stereocenters. The van der Waals surface area contributed by atoms with Crippen LogP contribution >= 0.6 is 23.2 Å². The van der Waals surface area contributed by atoms with E-state index in [9.17, 15) is 9.59 Å². The molecule has 1 unspecified atom stereocenters. The Balaban J connectivity index is 1.88. The molecule has 37 heavy (non-hydrogen) atoms. The van der Waals surface area contributed by atoms with Gasteiger partial charge in [0.05, 0.1) is 10.0 Å². The minimum absolute atomic E-state index is 0.0772. The van der Waals surface area contributed by atoms with Gasteiger partial charge >= 0.3 is 0 Å². The second-order valence-electron chi connectivity index (χ2n) is 9.66. The van der Waals surface area contributed by atoms with Crippen LogP contribution in [0, 0.1) is 0 Å². The predicted molar refractivity (Wildman–Crippen MR) is 153 cm³/mol. The first-order valence-electron chi connectivity index (χ1n) is 12.9. The van der Waals surface area contributed by atoms with Gasteiger partial charge in [-0.2, -0.15) is 0 Å². The van der Waals surface area contributed by atoms with Gasteiger partial charge in [-0.05, 0) is 53.1 Å². The fourth-order valence-electron chi connectivity index (χ4n) is 4.22. The molecule has 0 aliphatic carbocycles. The van der Waals surface area contributed by atoms with Crippen molar-refractivity contribution in [3.63, 3.8) is 0 Å². The SMILES string of the molecule is CCCNC(=O)C(Cc1ccccc1)N(Cc1ccc(Cl)c(Cl)c1)C(=O)CCc1ccc(C(C)C)cc1. The summed E-state index contributed by atoms with van der Waals surface area (Å²) in [6, 6.07) is 22.9. The predicted octanol–water partition coefficient (Wildman–Crippen LogP) is 7.22. The molecule has 0 saturated carbocycles. The molecule has 0 saturated heterocycles. The fourth-order valence-corrected chi connectivity index (χ4v) is 4.54. The lowest BCUT2D eigenvalue weighted by molar-refractivity contribution is -0.141. The van der Waals surface area contributed by atoms with Gasteiger partial charge in [-0.25, -0.2) is 0 Å². The molecular weight excluding hydrogens is 503 g/mol. The second-order valence-corrected chi connectivity index (χ2v) is 10.5. The Morgan fingerprint density at radius 1 is 0.865 bits per heavy atom. The van der Waals surface area contributed by atoms with E-state index in [2.05, 4.69) is 43.4 Å². The lowest BCUT2D eigenvalue weighted by atomic mass is 9.99. The number of nitrogens with one attached hydrogen (secondary N) is 1. The van der Waals surface area contributed by atoms with Gasteiger partial charge in [-0.3, -0.25) is 9.59 Å². The molecule has 3 rings (SSSR count). The number of hydrogen-bond donors (Lipinski definition) is 1. The molecule has 1 N–H and O–H groups in total. The highest BCUT2D eigenvalue weighted by molar-refractivity contribution is 6.42. The number of carbonyl (C=O) groups is 2. The number of amides is 2. The summed E-state index contributed by atoms with van der Waals surface area (Å²) in [7, 11) is 0. The zero-order chi connectivity index (χ0) is 26.8. The van der Waals surface area contributed by atoms with Crippen molar-refractivity contribution in [1.82, 2.24) is 10.2 Å². The van der Waals surface area contributed by atoms with Crippen LogP contribution in [0.25, 0.3) is 0 Å². The van der Waals surface area contributed by atoms with E-state index in [-0.39, 0.29) is 18.4 Å². The normalized spacial score (nSPS) is 11.8. The Bertz CT molecular complexity index is 1160. The highest BCUT2D eigenvalue weighted by Gasteiger charge is 2.30. The minimum Gasteiger partial charge on any atom is -0.354 e. The molecular formula is C31H36Cl2N2O2. The topological polar surface area (TPSA) is 49.4 Å². The quantitative estimate of drug-likeness (QED) is 0.264. The Labute approximate surface area is 231 Å². The zero-order valence-electron chi connectivity index (χ0n) is 21.8. The van der Waals surface area contributed by atoms with E-state index in [1.165, 1.54) is 5.56 Å². The number of rotatable bonds is 12. The first kappa shape index (κ1) is 28.7. The van der Waals surface area contributed by atoms with Crippen molar-refractivity contribution in [2.45, 2.75) is 65.0 Å². The average Bonchev–Trinajstić information content (AvgIpc) is 2.90. The third-order valence-electron chi connectivity index (χ3n) is 6.43. The maximum absolute atomic E-state index is 13.7. The Hall–Kier alpha value is -2.82. The van der Waals surface area contributed by atoms with Gasteiger partial charge in [0, 0.05) is 25.9 Å². The van der Waals surface area contributed by atoms with Crippen LogP contribution in [-0.4, -0.2) is 29.3 Å². The summed E-state index contributed by atoms with van der Waals surface area (Å²) in [4.78, 5) is 28.8. The van der Waals surface area contributed by atoms with Crippen molar-refractivity contribution in [1.29, 1.82) is 0 Å². The first-order chi connectivity index (χ1) is 17.8. The molecule has 4 nitrogen and oxygen atoms in total. The lowest BCUT2D eigenvalue weighted by Gasteiger charge is -2.32. The van der Waals surface area contributed by atoms with E-state index >= 15 is 0 Å². The number of hydrogen-bond acceptors (Lipinski definition) is 2. The highest BCUT2D eigenvalue weighted by atomic mass is 35.5. The van der Waals surface area contributed by atoms with E-state index in [4.69, 9.17) is 23.2 Å². The van der Waals surface area contributed by atoms with Crippen molar-refractivity contribution in [3.8, 4) is 0 Å². The second kappa shape index (κ2) is 14.2. The van der Waals surface area contributed by atoms with E-state index < -0.39 is 6.04 Å². The summed E-state index contributed by atoms with van der Waals surface area (Å²) in [5.74, 6) is 0.227. The third-order valence-corrected chi connectivity index (χ3v) is 7.17. The number of halogens is 2. The van der Waals surface area contributed by atoms with E-state index in [1.807, 2.05) is 43.3 Å². The van der Waals surface area contributed by atoms with Gasteiger partial charge in [-0.15, -0.1) is 0 Å². The molecule has 0 aliphatic rings. The van der Waals surface area contributed by atoms with Gasteiger partial charge < -0.3 is 10.2 Å². The number of aryl methyl sites for hydroxylation is 1. The van der Waals surface area contributed by atoms with Gasteiger partial charge in [0.1, 0.15) is 6.04 Å². The largest absolute Gasteiger partial charge is 0.354 e. The van der Waals surface area contributed by atoms with E-state index in [0.29, 0.717) is 41.8 Å². The molecule has 2 amide bonds. The molecule has 0 fully saturated rings. The van der Waals surface area contributed by atoms with Crippen molar-refractivity contribution in [2.75, 3.05) is 6.54 Å². The van der Waals surface area contributed by atoms with Crippen LogP contribution in [0.4, 0.5) is 0 Å². The summed E-state index contributed by atoms with van der Waals surface area (Å²) in [6.45, 7) is 7.15. The van der Waals surface area contributed by atoms with E-state index in [0.717, 1.165) is 23.1 Å². The van der Waals surface area contributed by atoms with Gasteiger partial charge in [-0.1, -0.05) is 105 Å². The smallest absolute Gasteiger partial charge is 0.243 e. The monoisotopic (exact) mass is 538 g/mol. The van der Waals surface area contributed by atoms with Crippen LogP contribution in [0.1, 0.15) is 61.8 Å². The first-order valence-corrected chi connectivity index (χ1v) is 13.7. The summed E-state index contributed by atoms with van der Waals surface area (Å²) in [6.07, 6.45) is 2.14. The third kappa shape index (κ3) is 8.62. The van der Waals surface area contributed by atoms with Crippen molar-refractivity contribution < 1.29 is 9.59 Å². The van der Waals surface area contributed by atoms with E-state index in [1.54, 1.807) is 17.0 Å². The molecule has 0 aromatic heterocycles. The fraction of sp³-hybridized carbons (Fsp3) is 0.355. The van der Waals surface area contributed by atoms with Crippen LogP contribution in [-0.2, 0) is 29.0 Å². The van der Waals surface area contributed by atoms with Crippen LogP contribution in [0.15, 0.2) is 72.8 Å². The highest BCUT2D eigenvalue weighted by Crippen LogP contribution is 2.25. The molecule has 0 heterocycles. The molecule has 0 spiro atoms. The molecule has 3 aromatic rings. The molecule has 0 aliphatic heterocycles. The zero-order valence-corrected chi connectivity index (χ0v) is 23.4. The summed E-state index contributed by atoms with van der Waals surface area (Å²) in [5.41, 5.74) is 4.19. The maximum Gasteiger partial charge on any atom is 0.243 e.